The van der Waals surface area contributed by atoms with E-state index >= 15 is 0 Å². The summed E-state index contributed by atoms with van der Waals surface area (Å²) in [7, 11) is 4.07. The van der Waals surface area contributed by atoms with Gasteiger partial charge >= 0.3 is 0 Å². The van der Waals surface area contributed by atoms with E-state index in [-0.39, 0.29) is 0 Å². The first-order valence-corrected chi connectivity index (χ1v) is 7.87. The molecule has 0 saturated heterocycles. The summed E-state index contributed by atoms with van der Waals surface area (Å²) in [6, 6.07) is 16.4. The van der Waals surface area contributed by atoms with Crippen molar-refractivity contribution in [3.05, 3.63) is 89.5 Å². The molecule has 0 bridgehead atoms. The van der Waals surface area contributed by atoms with Gasteiger partial charge in [-0.15, -0.1) is 0 Å². The number of nitrogens with zero attached hydrogens (tertiary/aromatic N) is 1. The lowest BCUT2D eigenvalue weighted by Crippen LogP contribution is -2.08. The van der Waals surface area contributed by atoms with Crippen molar-refractivity contribution in [2.75, 3.05) is 24.7 Å². The normalized spacial score (nSPS) is 13.2. The molecule has 1 aliphatic carbocycles. The van der Waals surface area contributed by atoms with E-state index in [0.717, 1.165) is 33.6 Å². The van der Waals surface area contributed by atoms with Crippen LogP contribution in [0.1, 0.15) is 11.1 Å². The summed E-state index contributed by atoms with van der Waals surface area (Å²) < 4.78 is 0. The molecule has 3 heteroatoms. The molecule has 24 heavy (non-hydrogen) atoms. The highest BCUT2D eigenvalue weighted by molar-refractivity contribution is 6.05. The second-order valence-corrected chi connectivity index (χ2v) is 6.02. The predicted molar refractivity (Wildman–Crippen MR) is 104 cm³/mol. The number of allylic oxidation sites excluding steroid dienone is 5. The maximum atomic E-state index is 7.71. The molecule has 0 saturated carbocycles. The number of nitrogens with two attached hydrogens (primary N) is 1. The van der Waals surface area contributed by atoms with Crippen LogP contribution in [-0.4, -0.2) is 19.8 Å². The standard InChI is InChI=1S/C21H21N3/c1-24(2)20-13-7-17(8-14-20)21(15-3-9-18(22)10-4-15)16-5-11-19(23)12-6-16/h3-14,22H,23H2,1-2H3. The Labute approximate surface area is 142 Å². The van der Waals surface area contributed by atoms with Gasteiger partial charge in [-0.3, -0.25) is 0 Å². The predicted octanol–water partition coefficient (Wildman–Crippen LogP) is 4.28. The van der Waals surface area contributed by atoms with Crippen LogP contribution in [0.15, 0.2) is 78.4 Å². The van der Waals surface area contributed by atoms with Gasteiger partial charge in [0.05, 0.1) is 5.71 Å². The summed E-state index contributed by atoms with van der Waals surface area (Å²) in [4.78, 5) is 2.08. The van der Waals surface area contributed by atoms with Crippen LogP contribution in [0, 0.1) is 5.41 Å². The van der Waals surface area contributed by atoms with Gasteiger partial charge in [0.1, 0.15) is 0 Å². The number of hydrogen-bond acceptors (Lipinski definition) is 3. The lowest BCUT2D eigenvalue weighted by molar-refractivity contribution is 1.13. The van der Waals surface area contributed by atoms with Gasteiger partial charge in [0.2, 0.25) is 0 Å². The smallest absolute Gasteiger partial charge is 0.0540 e. The molecule has 0 spiro atoms. The first-order valence-electron chi connectivity index (χ1n) is 7.87. The first-order chi connectivity index (χ1) is 11.5. The molecule has 0 atom stereocenters. The lowest BCUT2D eigenvalue weighted by atomic mass is 9.90. The number of nitrogens with one attached hydrogen (secondary N) is 1. The molecule has 3 rings (SSSR count). The zero-order chi connectivity index (χ0) is 17.1. The summed E-state index contributed by atoms with van der Waals surface area (Å²) in [5, 5.41) is 7.71. The Hall–Kier alpha value is -3.07. The van der Waals surface area contributed by atoms with Crippen molar-refractivity contribution in [1.82, 2.24) is 0 Å². The minimum absolute atomic E-state index is 0.512. The topological polar surface area (TPSA) is 53.1 Å². The summed E-state index contributed by atoms with van der Waals surface area (Å²) >= 11 is 0. The van der Waals surface area contributed by atoms with E-state index in [2.05, 4.69) is 29.2 Å². The molecule has 0 aliphatic heterocycles. The van der Waals surface area contributed by atoms with Crippen LogP contribution >= 0.6 is 0 Å². The van der Waals surface area contributed by atoms with Crippen molar-refractivity contribution < 1.29 is 0 Å². The molecular weight excluding hydrogens is 294 g/mol. The first kappa shape index (κ1) is 15.8. The van der Waals surface area contributed by atoms with E-state index < -0.39 is 0 Å². The molecule has 2 aromatic carbocycles. The molecule has 1 aliphatic rings. The average Bonchev–Trinajstić information content (AvgIpc) is 2.59. The molecule has 0 fully saturated rings. The van der Waals surface area contributed by atoms with Crippen LogP contribution < -0.4 is 10.6 Å². The molecule has 3 nitrogen and oxygen atoms in total. The molecule has 3 N–H and O–H groups in total. The maximum Gasteiger partial charge on any atom is 0.0540 e. The van der Waals surface area contributed by atoms with Gasteiger partial charge in [-0.05, 0) is 58.7 Å². The summed E-state index contributed by atoms with van der Waals surface area (Å²) in [5.41, 5.74) is 12.7. The molecule has 0 aromatic heterocycles. The van der Waals surface area contributed by atoms with Gasteiger partial charge in [-0.2, -0.15) is 0 Å². The van der Waals surface area contributed by atoms with Crippen molar-refractivity contribution in [2.45, 2.75) is 0 Å². The second kappa shape index (κ2) is 6.59. The Morgan fingerprint density at radius 3 is 1.79 bits per heavy atom. The maximum absolute atomic E-state index is 7.71. The van der Waals surface area contributed by atoms with E-state index in [0.29, 0.717) is 5.71 Å². The zero-order valence-electron chi connectivity index (χ0n) is 14.0. The van der Waals surface area contributed by atoms with Crippen LogP contribution in [0.3, 0.4) is 0 Å². The Morgan fingerprint density at radius 2 is 1.29 bits per heavy atom. The molecule has 120 valence electrons. The number of benzene rings is 2. The Morgan fingerprint density at radius 1 is 0.792 bits per heavy atom. The van der Waals surface area contributed by atoms with Gasteiger partial charge in [0.25, 0.3) is 0 Å². The molecule has 0 heterocycles. The third kappa shape index (κ3) is 3.30. The fourth-order valence-electron chi connectivity index (χ4n) is 2.71. The SMILES string of the molecule is CN(C)c1ccc(C(=C2C=CC(=N)C=C2)c2ccc(N)cc2)cc1. The van der Waals surface area contributed by atoms with Crippen molar-refractivity contribution in [3.63, 3.8) is 0 Å². The van der Waals surface area contributed by atoms with Crippen LogP contribution in [0.25, 0.3) is 5.57 Å². The van der Waals surface area contributed by atoms with Crippen molar-refractivity contribution in [2.24, 2.45) is 0 Å². The third-order valence-corrected chi connectivity index (χ3v) is 4.05. The van der Waals surface area contributed by atoms with E-state index in [9.17, 15) is 0 Å². The number of hydrogen-bond donors (Lipinski definition) is 2. The molecule has 2 aromatic rings. The van der Waals surface area contributed by atoms with E-state index in [1.807, 2.05) is 62.7 Å². The minimum Gasteiger partial charge on any atom is -0.399 e. The van der Waals surface area contributed by atoms with Crippen molar-refractivity contribution in [1.29, 1.82) is 5.41 Å². The lowest BCUT2D eigenvalue weighted by Gasteiger charge is -2.16. The van der Waals surface area contributed by atoms with Gasteiger partial charge in [0.15, 0.2) is 0 Å². The van der Waals surface area contributed by atoms with Crippen LogP contribution in [0.4, 0.5) is 11.4 Å². The highest BCUT2D eigenvalue weighted by Crippen LogP contribution is 2.31. The van der Waals surface area contributed by atoms with E-state index in [1.54, 1.807) is 0 Å². The molecule has 0 amide bonds. The summed E-state index contributed by atoms with van der Waals surface area (Å²) in [6.45, 7) is 0. The summed E-state index contributed by atoms with van der Waals surface area (Å²) in [6.07, 6.45) is 7.63. The quantitative estimate of drug-likeness (QED) is 0.831. The van der Waals surface area contributed by atoms with Gasteiger partial charge in [-0.1, -0.05) is 36.4 Å². The highest BCUT2D eigenvalue weighted by atomic mass is 15.1. The monoisotopic (exact) mass is 315 g/mol. The number of rotatable bonds is 3. The van der Waals surface area contributed by atoms with Crippen LogP contribution in [0.2, 0.25) is 0 Å². The summed E-state index contributed by atoms with van der Waals surface area (Å²) in [5.74, 6) is 0. The van der Waals surface area contributed by atoms with Crippen LogP contribution in [0.5, 0.6) is 0 Å². The van der Waals surface area contributed by atoms with E-state index in [1.165, 1.54) is 0 Å². The molecule has 0 radical (unpaired) electrons. The average molecular weight is 315 g/mol. The second-order valence-electron chi connectivity index (χ2n) is 6.02. The number of nitrogen functional groups attached to an aromatic ring is 1. The van der Waals surface area contributed by atoms with Crippen molar-refractivity contribution >= 4 is 22.7 Å². The fraction of sp³-hybridized carbons (Fsp3) is 0.0952. The van der Waals surface area contributed by atoms with E-state index in [4.69, 9.17) is 11.1 Å². The van der Waals surface area contributed by atoms with Crippen LogP contribution in [-0.2, 0) is 0 Å². The van der Waals surface area contributed by atoms with Gasteiger partial charge < -0.3 is 16.0 Å². The fourth-order valence-corrected chi connectivity index (χ4v) is 2.71. The molecular formula is C21H21N3. The number of anilines is 2. The Bertz CT molecular complexity index is 818. The Balaban J connectivity index is 2.14. The zero-order valence-corrected chi connectivity index (χ0v) is 14.0. The Kier molecular flexibility index (Phi) is 4.34. The van der Waals surface area contributed by atoms with Crippen molar-refractivity contribution in [3.8, 4) is 0 Å². The minimum atomic E-state index is 0.512. The van der Waals surface area contributed by atoms with Gasteiger partial charge in [0, 0.05) is 25.5 Å². The van der Waals surface area contributed by atoms with Gasteiger partial charge in [-0.25, -0.2) is 0 Å². The third-order valence-electron chi connectivity index (χ3n) is 4.05. The molecule has 0 unspecified atom stereocenters. The highest BCUT2D eigenvalue weighted by Gasteiger charge is 2.11. The largest absolute Gasteiger partial charge is 0.399 e.